The number of nitrogens with zero attached hydrogens (tertiary/aromatic N) is 2. The number of hydrogen-bond acceptors (Lipinski definition) is 2. The largest absolute Gasteiger partial charge is 0.481 e. The summed E-state index contributed by atoms with van der Waals surface area (Å²) in [4.78, 5) is 15.0. The van der Waals surface area contributed by atoms with Crippen molar-refractivity contribution in [3.63, 3.8) is 0 Å². The Bertz CT molecular complexity index is 381. The highest BCUT2D eigenvalue weighted by Crippen LogP contribution is 2.14. The molecule has 0 unspecified atom stereocenters. The molecule has 1 aromatic rings. The van der Waals surface area contributed by atoms with Gasteiger partial charge in [0.05, 0.1) is 12.1 Å². The smallest absolute Gasteiger partial charge is 0.303 e. The first kappa shape index (κ1) is 12.7. The molecule has 0 bridgehead atoms. The van der Waals surface area contributed by atoms with E-state index in [1.807, 2.05) is 18.5 Å². The van der Waals surface area contributed by atoms with E-state index in [1.165, 1.54) is 0 Å². The van der Waals surface area contributed by atoms with E-state index in [1.54, 1.807) is 0 Å². The standard InChI is InChI=1S/C12H20N2O2/c1-8(2)7-11-13-9(3)10(14(11)4)5-6-12(15)16/h8H,5-7H2,1-4H3,(H,15,16). The molecule has 0 aromatic carbocycles. The summed E-state index contributed by atoms with van der Waals surface area (Å²) in [6.07, 6.45) is 1.66. The Kier molecular flexibility index (Phi) is 4.10. The molecule has 1 rings (SSSR count). The Labute approximate surface area is 96.3 Å². The fourth-order valence-electron chi connectivity index (χ4n) is 1.85. The molecule has 1 heterocycles. The first-order valence-electron chi connectivity index (χ1n) is 5.64. The highest BCUT2D eigenvalue weighted by Gasteiger charge is 2.13. The second-order valence-corrected chi connectivity index (χ2v) is 4.61. The molecular weight excluding hydrogens is 204 g/mol. The highest BCUT2D eigenvalue weighted by molar-refractivity contribution is 5.67. The second-order valence-electron chi connectivity index (χ2n) is 4.61. The molecule has 0 aliphatic rings. The van der Waals surface area contributed by atoms with Crippen molar-refractivity contribution >= 4 is 5.97 Å². The Balaban J connectivity index is 2.84. The predicted molar refractivity (Wildman–Crippen MR) is 62.4 cm³/mol. The van der Waals surface area contributed by atoms with Crippen LogP contribution in [0, 0.1) is 12.8 Å². The Morgan fingerprint density at radius 3 is 2.62 bits per heavy atom. The number of aliphatic carboxylic acids is 1. The number of aryl methyl sites for hydroxylation is 1. The van der Waals surface area contributed by atoms with Gasteiger partial charge in [-0.15, -0.1) is 0 Å². The van der Waals surface area contributed by atoms with Crippen molar-refractivity contribution in [2.75, 3.05) is 0 Å². The summed E-state index contributed by atoms with van der Waals surface area (Å²) in [5, 5.41) is 8.68. The molecule has 0 amide bonds. The van der Waals surface area contributed by atoms with Gasteiger partial charge in [-0.3, -0.25) is 4.79 Å². The van der Waals surface area contributed by atoms with Crippen molar-refractivity contribution in [3.8, 4) is 0 Å². The maximum Gasteiger partial charge on any atom is 0.303 e. The van der Waals surface area contributed by atoms with Gasteiger partial charge in [-0.2, -0.15) is 0 Å². The van der Waals surface area contributed by atoms with Crippen molar-refractivity contribution in [1.29, 1.82) is 0 Å². The third-order valence-corrected chi connectivity index (χ3v) is 2.67. The fraction of sp³-hybridized carbons (Fsp3) is 0.667. The fourth-order valence-corrected chi connectivity index (χ4v) is 1.85. The van der Waals surface area contributed by atoms with Crippen LogP contribution in [0.25, 0.3) is 0 Å². The van der Waals surface area contributed by atoms with Crippen molar-refractivity contribution < 1.29 is 9.90 Å². The molecule has 1 N–H and O–H groups in total. The molecule has 0 aliphatic heterocycles. The van der Waals surface area contributed by atoms with E-state index >= 15 is 0 Å². The number of carboxylic acids is 1. The van der Waals surface area contributed by atoms with E-state index in [4.69, 9.17) is 5.11 Å². The van der Waals surface area contributed by atoms with Gasteiger partial charge in [0.25, 0.3) is 0 Å². The summed E-state index contributed by atoms with van der Waals surface area (Å²) in [5.41, 5.74) is 2.00. The molecule has 0 radical (unpaired) electrons. The van der Waals surface area contributed by atoms with Crippen LogP contribution in [0.2, 0.25) is 0 Å². The highest BCUT2D eigenvalue weighted by atomic mass is 16.4. The lowest BCUT2D eigenvalue weighted by Gasteiger charge is -2.07. The van der Waals surface area contributed by atoms with Crippen molar-refractivity contribution in [3.05, 3.63) is 17.2 Å². The van der Waals surface area contributed by atoms with Crippen LogP contribution in [0.1, 0.15) is 37.5 Å². The summed E-state index contributed by atoms with van der Waals surface area (Å²) >= 11 is 0. The maximum atomic E-state index is 10.6. The second kappa shape index (κ2) is 5.14. The number of rotatable bonds is 5. The van der Waals surface area contributed by atoms with Gasteiger partial charge in [-0.05, 0) is 19.3 Å². The van der Waals surface area contributed by atoms with Crippen LogP contribution in [-0.2, 0) is 24.7 Å². The van der Waals surface area contributed by atoms with Gasteiger partial charge in [0.15, 0.2) is 0 Å². The zero-order valence-corrected chi connectivity index (χ0v) is 10.4. The van der Waals surface area contributed by atoms with E-state index in [0.717, 1.165) is 23.6 Å². The average molecular weight is 224 g/mol. The Morgan fingerprint density at radius 1 is 1.50 bits per heavy atom. The zero-order chi connectivity index (χ0) is 12.3. The molecule has 0 saturated carbocycles. The van der Waals surface area contributed by atoms with Crippen LogP contribution < -0.4 is 0 Å². The van der Waals surface area contributed by atoms with E-state index in [9.17, 15) is 4.79 Å². The SMILES string of the molecule is Cc1nc(CC(C)C)n(C)c1CCC(=O)O. The Morgan fingerprint density at radius 2 is 2.12 bits per heavy atom. The van der Waals surface area contributed by atoms with E-state index in [0.29, 0.717) is 12.3 Å². The van der Waals surface area contributed by atoms with Crippen molar-refractivity contribution in [1.82, 2.24) is 9.55 Å². The van der Waals surface area contributed by atoms with Crippen LogP contribution in [0.3, 0.4) is 0 Å². The summed E-state index contributed by atoms with van der Waals surface area (Å²) < 4.78 is 2.04. The molecule has 0 fully saturated rings. The minimum absolute atomic E-state index is 0.168. The maximum absolute atomic E-state index is 10.6. The third kappa shape index (κ3) is 3.08. The molecule has 4 heteroatoms. The number of hydrogen-bond donors (Lipinski definition) is 1. The summed E-state index contributed by atoms with van der Waals surface area (Å²) in [7, 11) is 1.97. The molecule has 1 aromatic heterocycles. The van der Waals surface area contributed by atoms with Crippen LogP contribution in [0.15, 0.2) is 0 Å². The first-order chi connectivity index (χ1) is 7.41. The van der Waals surface area contributed by atoms with Gasteiger partial charge < -0.3 is 9.67 Å². The minimum Gasteiger partial charge on any atom is -0.481 e. The molecule has 4 nitrogen and oxygen atoms in total. The molecular formula is C12H20N2O2. The molecule has 0 saturated heterocycles. The van der Waals surface area contributed by atoms with Gasteiger partial charge >= 0.3 is 5.97 Å². The van der Waals surface area contributed by atoms with Gasteiger partial charge in [0.1, 0.15) is 5.82 Å². The van der Waals surface area contributed by atoms with Crippen LogP contribution >= 0.6 is 0 Å². The molecule has 16 heavy (non-hydrogen) atoms. The van der Waals surface area contributed by atoms with Crippen molar-refractivity contribution in [2.24, 2.45) is 13.0 Å². The lowest BCUT2D eigenvalue weighted by atomic mass is 10.1. The third-order valence-electron chi connectivity index (χ3n) is 2.67. The minimum atomic E-state index is -0.758. The molecule has 90 valence electrons. The molecule has 0 spiro atoms. The van der Waals surface area contributed by atoms with E-state index in [-0.39, 0.29) is 6.42 Å². The monoisotopic (exact) mass is 224 g/mol. The molecule has 0 atom stereocenters. The zero-order valence-electron chi connectivity index (χ0n) is 10.4. The number of imidazole rings is 1. The number of carboxylic acid groups (broad SMARTS) is 1. The quantitative estimate of drug-likeness (QED) is 0.831. The van der Waals surface area contributed by atoms with Gasteiger partial charge in [-0.25, -0.2) is 4.98 Å². The topological polar surface area (TPSA) is 55.1 Å². The van der Waals surface area contributed by atoms with Crippen LogP contribution in [-0.4, -0.2) is 20.6 Å². The average Bonchev–Trinajstić information content (AvgIpc) is 2.39. The van der Waals surface area contributed by atoms with Crippen LogP contribution in [0.4, 0.5) is 0 Å². The normalized spacial score (nSPS) is 11.1. The van der Waals surface area contributed by atoms with Gasteiger partial charge in [0.2, 0.25) is 0 Å². The van der Waals surface area contributed by atoms with Crippen LogP contribution in [0.5, 0.6) is 0 Å². The number of carbonyl (C=O) groups is 1. The lowest BCUT2D eigenvalue weighted by Crippen LogP contribution is -2.07. The van der Waals surface area contributed by atoms with E-state index in [2.05, 4.69) is 18.8 Å². The first-order valence-corrected chi connectivity index (χ1v) is 5.64. The summed E-state index contributed by atoms with van der Waals surface area (Å²) in [5.74, 6) is 0.853. The predicted octanol–water partition coefficient (Wildman–Crippen LogP) is 1.94. The van der Waals surface area contributed by atoms with Gasteiger partial charge in [0, 0.05) is 19.2 Å². The summed E-state index contributed by atoms with van der Waals surface area (Å²) in [6.45, 7) is 6.25. The molecule has 0 aliphatic carbocycles. The number of aromatic nitrogens is 2. The Hall–Kier alpha value is -1.32. The van der Waals surface area contributed by atoms with Crippen molar-refractivity contribution in [2.45, 2.75) is 40.0 Å². The van der Waals surface area contributed by atoms with E-state index < -0.39 is 5.97 Å². The lowest BCUT2D eigenvalue weighted by molar-refractivity contribution is -0.136. The summed E-state index contributed by atoms with van der Waals surface area (Å²) in [6, 6.07) is 0. The van der Waals surface area contributed by atoms with Gasteiger partial charge in [-0.1, -0.05) is 13.8 Å².